The maximum absolute atomic E-state index is 13.4. The van der Waals surface area contributed by atoms with Gasteiger partial charge in [-0.15, -0.1) is 0 Å². The van der Waals surface area contributed by atoms with Crippen LogP contribution in [-0.4, -0.2) is 33.9 Å². The zero-order valence-electron chi connectivity index (χ0n) is 16.8. The van der Waals surface area contributed by atoms with Gasteiger partial charge in [0, 0.05) is 37.2 Å². The van der Waals surface area contributed by atoms with Crippen molar-refractivity contribution >= 4 is 11.9 Å². The molecule has 154 valence electrons. The molecule has 1 aliphatic heterocycles. The Morgan fingerprint density at radius 1 is 1.13 bits per heavy atom. The Bertz CT molecular complexity index is 1010. The molecule has 30 heavy (non-hydrogen) atoms. The lowest BCUT2D eigenvalue weighted by atomic mass is 9.89. The number of nitrogens with zero attached hydrogens (tertiary/aromatic N) is 3. The first-order valence-corrected chi connectivity index (χ1v) is 10.3. The van der Waals surface area contributed by atoms with E-state index < -0.39 is 0 Å². The molecule has 4 rings (SSSR count). The molecule has 0 unspecified atom stereocenters. The highest BCUT2D eigenvalue weighted by Gasteiger charge is 2.27. The summed E-state index contributed by atoms with van der Waals surface area (Å²) in [5, 5.41) is 0. The quantitative estimate of drug-likeness (QED) is 0.692. The molecule has 1 aliphatic rings. The molecule has 2 N–H and O–H groups in total. The van der Waals surface area contributed by atoms with Crippen LogP contribution in [0.15, 0.2) is 60.8 Å². The number of aromatic nitrogens is 2. The first kappa shape index (κ1) is 20.0. The van der Waals surface area contributed by atoms with Crippen molar-refractivity contribution in [3.05, 3.63) is 77.9 Å². The van der Waals surface area contributed by atoms with Crippen LogP contribution in [0.5, 0.6) is 0 Å². The highest BCUT2D eigenvalue weighted by Crippen LogP contribution is 2.33. The fourth-order valence-corrected chi connectivity index (χ4v) is 4.05. The summed E-state index contributed by atoms with van der Waals surface area (Å²) < 4.78 is 13.4. The number of nitrogen functional groups attached to an aromatic ring is 1. The zero-order valence-corrected chi connectivity index (χ0v) is 16.8. The molecule has 1 atom stereocenters. The Morgan fingerprint density at radius 2 is 1.90 bits per heavy atom. The highest BCUT2D eigenvalue weighted by atomic mass is 19.1. The average Bonchev–Trinajstić information content (AvgIpc) is 2.79. The van der Waals surface area contributed by atoms with Gasteiger partial charge in [0.15, 0.2) is 0 Å². The number of hydrogen-bond acceptors (Lipinski definition) is 4. The number of carbonyl (C=O) groups excluding carboxylic acids is 1. The summed E-state index contributed by atoms with van der Waals surface area (Å²) in [4.78, 5) is 23.4. The molecule has 0 spiro atoms. The number of carbonyl (C=O) groups is 1. The van der Waals surface area contributed by atoms with Crippen LogP contribution in [0.25, 0.3) is 11.1 Å². The van der Waals surface area contributed by atoms with Crippen molar-refractivity contribution in [1.82, 2.24) is 14.9 Å². The molecule has 0 saturated carbocycles. The predicted molar refractivity (Wildman–Crippen MR) is 115 cm³/mol. The molecule has 1 fully saturated rings. The molecule has 0 radical (unpaired) electrons. The van der Waals surface area contributed by atoms with Crippen molar-refractivity contribution in [3.63, 3.8) is 0 Å². The number of hydrogen-bond donors (Lipinski definition) is 1. The minimum absolute atomic E-state index is 0.0739. The molecule has 3 aromatic rings. The second-order valence-corrected chi connectivity index (χ2v) is 7.70. The van der Waals surface area contributed by atoms with E-state index in [0.717, 1.165) is 42.6 Å². The van der Waals surface area contributed by atoms with E-state index in [4.69, 9.17) is 5.73 Å². The molecule has 2 aromatic carbocycles. The Labute approximate surface area is 175 Å². The third-order valence-corrected chi connectivity index (χ3v) is 5.62. The largest absolute Gasteiger partial charge is 0.368 e. The lowest BCUT2D eigenvalue weighted by Gasteiger charge is -2.33. The summed E-state index contributed by atoms with van der Waals surface area (Å²) >= 11 is 0. The Balaban J connectivity index is 1.51. The summed E-state index contributed by atoms with van der Waals surface area (Å²) in [7, 11) is 0. The van der Waals surface area contributed by atoms with Crippen molar-refractivity contribution in [1.29, 1.82) is 0 Å². The predicted octanol–water partition coefficient (Wildman–Crippen LogP) is 4.20. The van der Waals surface area contributed by atoms with E-state index in [1.165, 1.54) is 17.7 Å². The monoisotopic (exact) mass is 404 g/mol. The van der Waals surface area contributed by atoms with Gasteiger partial charge in [0.25, 0.3) is 0 Å². The van der Waals surface area contributed by atoms with Gasteiger partial charge in [0.1, 0.15) is 5.82 Å². The molecule has 1 saturated heterocycles. The number of rotatable bonds is 5. The fourth-order valence-electron chi connectivity index (χ4n) is 4.05. The minimum atomic E-state index is -0.287. The van der Waals surface area contributed by atoms with Gasteiger partial charge in [0.2, 0.25) is 11.9 Å². The number of amides is 1. The molecule has 0 aliphatic carbocycles. The lowest BCUT2D eigenvalue weighted by molar-refractivity contribution is -0.132. The SMILES string of the molecule is Nc1ncc(-c2ccc(F)cc2)c([C@H]2CCCN(C(=O)CCc3ccccc3)C2)n1. The van der Waals surface area contributed by atoms with Crippen LogP contribution < -0.4 is 5.73 Å². The summed E-state index contributed by atoms with van der Waals surface area (Å²) in [6.07, 6.45) is 4.76. The van der Waals surface area contributed by atoms with Crippen LogP contribution in [0.2, 0.25) is 0 Å². The van der Waals surface area contributed by atoms with E-state index in [1.807, 2.05) is 35.2 Å². The van der Waals surface area contributed by atoms with Gasteiger partial charge in [0.05, 0.1) is 5.69 Å². The van der Waals surface area contributed by atoms with Crippen molar-refractivity contribution in [2.75, 3.05) is 18.8 Å². The van der Waals surface area contributed by atoms with E-state index in [-0.39, 0.29) is 23.6 Å². The van der Waals surface area contributed by atoms with Gasteiger partial charge in [-0.05, 0) is 42.5 Å². The third kappa shape index (κ3) is 4.64. The van der Waals surface area contributed by atoms with E-state index in [9.17, 15) is 9.18 Å². The molecule has 1 amide bonds. The van der Waals surface area contributed by atoms with Gasteiger partial charge < -0.3 is 10.6 Å². The molecule has 5 nitrogen and oxygen atoms in total. The molecule has 1 aromatic heterocycles. The van der Waals surface area contributed by atoms with Gasteiger partial charge in [-0.3, -0.25) is 4.79 Å². The first-order valence-electron chi connectivity index (χ1n) is 10.3. The number of aryl methyl sites for hydroxylation is 1. The lowest BCUT2D eigenvalue weighted by Crippen LogP contribution is -2.39. The van der Waals surface area contributed by atoms with Gasteiger partial charge in [-0.2, -0.15) is 0 Å². The van der Waals surface area contributed by atoms with Crippen molar-refractivity contribution in [2.45, 2.75) is 31.6 Å². The van der Waals surface area contributed by atoms with E-state index in [2.05, 4.69) is 9.97 Å². The van der Waals surface area contributed by atoms with Gasteiger partial charge in [-0.25, -0.2) is 14.4 Å². The third-order valence-electron chi connectivity index (χ3n) is 5.62. The van der Waals surface area contributed by atoms with Crippen LogP contribution >= 0.6 is 0 Å². The van der Waals surface area contributed by atoms with Crippen molar-refractivity contribution in [2.24, 2.45) is 0 Å². The summed E-state index contributed by atoms with van der Waals surface area (Å²) in [5.74, 6) is 0.159. The molecular formula is C24H25FN4O. The van der Waals surface area contributed by atoms with Crippen LogP contribution in [0.4, 0.5) is 10.3 Å². The highest BCUT2D eigenvalue weighted by molar-refractivity contribution is 5.77. The number of piperidine rings is 1. The smallest absolute Gasteiger partial charge is 0.222 e. The average molecular weight is 404 g/mol. The van der Waals surface area contributed by atoms with Gasteiger partial charge >= 0.3 is 0 Å². The zero-order chi connectivity index (χ0) is 20.9. The Morgan fingerprint density at radius 3 is 2.67 bits per heavy atom. The van der Waals surface area contributed by atoms with Crippen molar-refractivity contribution < 1.29 is 9.18 Å². The molecule has 2 heterocycles. The summed E-state index contributed by atoms with van der Waals surface area (Å²) in [6, 6.07) is 16.4. The maximum Gasteiger partial charge on any atom is 0.222 e. The summed E-state index contributed by atoms with van der Waals surface area (Å²) in [5.41, 5.74) is 9.56. The second kappa shape index (κ2) is 9.03. The first-order chi connectivity index (χ1) is 14.6. The van der Waals surface area contributed by atoms with E-state index in [1.54, 1.807) is 18.3 Å². The van der Waals surface area contributed by atoms with Crippen LogP contribution in [0, 0.1) is 5.82 Å². The number of benzene rings is 2. The summed E-state index contributed by atoms with van der Waals surface area (Å²) in [6.45, 7) is 1.37. The van der Waals surface area contributed by atoms with Gasteiger partial charge in [-0.1, -0.05) is 42.5 Å². The number of halogens is 1. The Hall–Kier alpha value is -3.28. The van der Waals surface area contributed by atoms with E-state index in [0.29, 0.717) is 13.0 Å². The fraction of sp³-hybridized carbons (Fsp3) is 0.292. The van der Waals surface area contributed by atoms with E-state index >= 15 is 0 Å². The normalized spacial score (nSPS) is 16.4. The standard InChI is InChI=1S/C24H25FN4O/c25-20-11-9-18(10-12-20)21-15-27-24(26)28-23(21)19-7-4-14-29(16-19)22(30)13-8-17-5-2-1-3-6-17/h1-3,5-6,9-12,15,19H,4,7-8,13-14,16H2,(H2,26,27,28)/t19-/m0/s1. The molecule has 6 heteroatoms. The number of anilines is 1. The second-order valence-electron chi connectivity index (χ2n) is 7.70. The van der Waals surface area contributed by atoms with Crippen LogP contribution in [-0.2, 0) is 11.2 Å². The molecular weight excluding hydrogens is 379 g/mol. The van der Waals surface area contributed by atoms with Crippen LogP contribution in [0.1, 0.15) is 36.4 Å². The van der Waals surface area contributed by atoms with Crippen LogP contribution in [0.3, 0.4) is 0 Å². The molecule has 0 bridgehead atoms. The topological polar surface area (TPSA) is 72.1 Å². The maximum atomic E-state index is 13.4. The number of likely N-dealkylation sites (tertiary alicyclic amines) is 1. The minimum Gasteiger partial charge on any atom is -0.368 e. The number of nitrogens with two attached hydrogens (primary N) is 1. The Kier molecular flexibility index (Phi) is 6.02. The van der Waals surface area contributed by atoms with Crippen molar-refractivity contribution in [3.8, 4) is 11.1 Å².